The number of fused-ring (bicyclic) bond motifs is 1. The molecule has 2 aromatic heterocycles. The number of hydrogen-bond donors (Lipinski definition) is 2. The summed E-state index contributed by atoms with van der Waals surface area (Å²) in [5, 5.41) is 10.7. The SMILES string of the molecule is COc1cc(C(=O)Nc2ccc3cn[nH]c3c2)cc(Cl)n1. The highest BCUT2D eigenvalue weighted by molar-refractivity contribution is 6.30. The summed E-state index contributed by atoms with van der Waals surface area (Å²) in [6.07, 6.45) is 1.72. The van der Waals surface area contributed by atoms with E-state index in [1.807, 2.05) is 6.07 Å². The van der Waals surface area contributed by atoms with Crippen LogP contribution >= 0.6 is 11.6 Å². The van der Waals surface area contributed by atoms with E-state index >= 15 is 0 Å². The summed E-state index contributed by atoms with van der Waals surface area (Å²) in [5.74, 6) is -0.00636. The molecule has 6 nitrogen and oxygen atoms in total. The Labute approximate surface area is 125 Å². The van der Waals surface area contributed by atoms with E-state index in [-0.39, 0.29) is 16.9 Å². The molecule has 0 aliphatic heterocycles. The van der Waals surface area contributed by atoms with Crippen LogP contribution in [0.15, 0.2) is 36.5 Å². The number of benzene rings is 1. The molecule has 3 rings (SSSR count). The summed E-state index contributed by atoms with van der Waals surface area (Å²) in [6, 6.07) is 8.48. The van der Waals surface area contributed by atoms with Crippen LogP contribution in [0.1, 0.15) is 10.4 Å². The lowest BCUT2D eigenvalue weighted by molar-refractivity contribution is 0.102. The molecule has 106 valence electrons. The number of nitrogens with one attached hydrogen (secondary N) is 2. The van der Waals surface area contributed by atoms with E-state index in [0.29, 0.717) is 11.3 Å². The van der Waals surface area contributed by atoms with Crippen molar-refractivity contribution in [2.24, 2.45) is 0 Å². The fraction of sp³-hybridized carbons (Fsp3) is 0.0714. The number of carbonyl (C=O) groups is 1. The number of rotatable bonds is 3. The molecule has 0 saturated carbocycles. The molecular formula is C14H11ClN4O2. The summed E-state index contributed by atoms with van der Waals surface area (Å²) >= 11 is 5.85. The molecule has 0 radical (unpaired) electrons. The predicted molar refractivity (Wildman–Crippen MR) is 79.8 cm³/mol. The van der Waals surface area contributed by atoms with Crippen molar-refractivity contribution >= 4 is 34.1 Å². The highest BCUT2D eigenvalue weighted by Crippen LogP contribution is 2.20. The Bertz CT molecular complexity index is 816. The standard InChI is InChI=1S/C14H11ClN4O2/c1-21-13-5-9(4-12(15)18-13)14(20)17-10-3-2-8-7-16-19-11(8)6-10/h2-7H,1H3,(H,16,19)(H,17,20). The van der Waals surface area contributed by atoms with Crippen LogP contribution in [-0.4, -0.2) is 28.2 Å². The zero-order chi connectivity index (χ0) is 14.8. The van der Waals surface area contributed by atoms with Crippen LogP contribution in [0.3, 0.4) is 0 Å². The van der Waals surface area contributed by atoms with Gasteiger partial charge in [0, 0.05) is 22.7 Å². The van der Waals surface area contributed by atoms with Crippen molar-refractivity contribution < 1.29 is 9.53 Å². The lowest BCUT2D eigenvalue weighted by Gasteiger charge is -2.07. The maximum absolute atomic E-state index is 12.2. The molecule has 1 amide bonds. The minimum absolute atomic E-state index is 0.198. The third kappa shape index (κ3) is 2.80. The molecule has 0 saturated heterocycles. The first-order valence-electron chi connectivity index (χ1n) is 6.12. The van der Waals surface area contributed by atoms with Crippen LogP contribution in [0.25, 0.3) is 10.9 Å². The van der Waals surface area contributed by atoms with Gasteiger partial charge in [-0.2, -0.15) is 5.10 Å². The number of aromatic nitrogens is 3. The van der Waals surface area contributed by atoms with Crippen molar-refractivity contribution in [1.29, 1.82) is 0 Å². The van der Waals surface area contributed by atoms with Crippen LogP contribution in [0.5, 0.6) is 5.88 Å². The van der Waals surface area contributed by atoms with Crippen molar-refractivity contribution in [1.82, 2.24) is 15.2 Å². The van der Waals surface area contributed by atoms with Gasteiger partial charge in [0.1, 0.15) is 5.15 Å². The van der Waals surface area contributed by atoms with E-state index in [4.69, 9.17) is 16.3 Å². The molecule has 0 aliphatic carbocycles. The molecule has 21 heavy (non-hydrogen) atoms. The van der Waals surface area contributed by atoms with Crippen LogP contribution < -0.4 is 10.1 Å². The number of amides is 1. The third-order valence-electron chi connectivity index (χ3n) is 2.94. The van der Waals surface area contributed by atoms with Crippen molar-refractivity contribution in [3.63, 3.8) is 0 Å². The smallest absolute Gasteiger partial charge is 0.255 e. The number of nitrogens with zero attached hydrogens (tertiary/aromatic N) is 2. The normalized spacial score (nSPS) is 10.6. The summed E-state index contributed by atoms with van der Waals surface area (Å²) in [7, 11) is 1.46. The molecule has 0 spiro atoms. The molecule has 2 heterocycles. The zero-order valence-electron chi connectivity index (χ0n) is 11.1. The molecule has 2 N–H and O–H groups in total. The largest absolute Gasteiger partial charge is 0.481 e. The Morgan fingerprint density at radius 1 is 1.33 bits per heavy atom. The summed E-state index contributed by atoms with van der Waals surface area (Å²) < 4.78 is 4.99. The first-order chi connectivity index (χ1) is 10.2. The van der Waals surface area contributed by atoms with E-state index in [9.17, 15) is 4.79 Å². The fourth-order valence-electron chi connectivity index (χ4n) is 1.93. The fourth-order valence-corrected chi connectivity index (χ4v) is 2.13. The van der Waals surface area contributed by atoms with Crippen LogP contribution in [-0.2, 0) is 0 Å². The number of methoxy groups -OCH3 is 1. The van der Waals surface area contributed by atoms with Gasteiger partial charge in [-0.1, -0.05) is 11.6 Å². The first-order valence-corrected chi connectivity index (χ1v) is 6.49. The number of carbonyl (C=O) groups excluding carboxylic acids is 1. The molecular weight excluding hydrogens is 292 g/mol. The third-order valence-corrected chi connectivity index (χ3v) is 3.14. The van der Waals surface area contributed by atoms with Gasteiger partial charge >= 0.3 is 0 Å². The lowest BCUT2D eigenvalue weighted by Crippen LogP contribution is -2.12. The molecule has 0 fully saturated rings. The maximum Gasteiger partial charge on any atom is 0.255 e. The van der Waals surface area contributed by atoms with E-state index < -0.39 is 0 Å². The van der Waals surface area contributed by atoms with Gasteiger partial charge in [0.05, 0.1) is 18.8 Å². The Morgan fingerprint density at radius 2 is 2.19 bits per heavy atom. The number of pyridine rings is 1. The molecule has 0 atom stereocenters. The van der Waals surface area contributed by atoms with Crippen molar-refractivity contribution in [2.45, 2.75) is 0 Å². The van der Waals surface area contributed by atoms with E-state index in [2.05, 4.69) is 20.5 Å². The molecule has 0 unspecified atom stereocenters. The monoisotopic (exact) mass is 302 g/mol. The second-order valence-electron chi connectivity index (χ2n) is 4.35. The van der Waals surface area contributed by atoms with Gasteiger partial charge in [0.15, 0.2) is 0 Å². The quantitative estimate of drug-likeness (QED) is 0.729. The molecule has 0 bridgehead atoms. The van der Waals surface area contributed by atoms with Gasteiger partial charge in [0.25, 0.3) is 5.91 Å². The van der Waals surface area contributed by atoms with Crippen LogP contribution in [0, 0.1) is 0 Å². The minimum Gasteiger partial charge on any atom is -0.481 e. The van der Waals surface area contributed by atoms with Gasteiger partial charge < -0.3 is 10.1 Å². The van der Waals surface area contributed by atoms with Crippen molar-refractivity contribution in [3.8, 4) is 5.88 Å². The highest BCUT2D eigenvalue weighted by atomic mass is 35.5. The lowest BCUT2D eigenvalue weighted by atomic mass is 10.2. The Hall–Kier alpha value is -2.60. The van der Waals surface area contributed by atoms with Crippen molar-refractivity contribution in [2.75, 3.05) is 12.4 Å². The van der Waals surface area contributed by atoms with Gasteiger partial charge in [-0.3, -0.25) is 9.89 Å². The summed E-state index contributed by atoms with van der Waals surface area (Å²) in [4.78, 5) is 16.2. The Balaban J connectivity index is 1.86. The predicted octanol–water partition coefficient (Wildman–Crippen LogP) is 2.87. The van der Waals surface area contributed by atoms with Crippen LogP contribution in [0.4, 0.5) is 5.69 Å². The number of ether oxygens (including phenoxy) is 1. The van der Waals surface area contributed by atoms with Crippen LogP contribution in [0.2, 0.25) is 5.15 Å². The van der Waals surface area contributed by atoms with Gasteiger partial charge in [-0.25, -0.2) is 4.98 Å². The van der Waals surface area contributed by atoms with E-state index in [0.717, 1.165) is 10.9 Å². The second kappa shape index (κ2) is 5.41. The first kappa shape index (κ1) is 13.4. The average molecular weight is 303 g/mol. The topological polar surface area (TPSA) is 79.9 Å². The van der Waals surface area contributed by atoms with Gasteiger partial charge in [-0.05, 0) is 24.3 Å². The minimum atomic E-state index is -0.295. The van der Waals surface area contributed by atoms with Gasteiger partial charge in [0.2, 0.25) is 5.88 Å². The van der Waals surface area contributed by atoms with E-state index in [1.54, 1.807) is 18.3 Å². The molecule has 1 aromatic carbocycles. The highest BCUT2D eigenvalue weighted by Gasteiger charge is 2.10. The number of halogens is 1. The Morgan fingerprint density at radius 3 is 3.00 bits per heavy atom. The average Bonchev–Trinajstić information content (AvgIpc) is 2.94. The molecule has 3 aromatic rings. The van der Waals surface area contributed by atoms with Crippen molar-refractivity contribution in [3.05, 3.63) is 47.2 Å². The zero-order valence-corrected chi connectivity index (χ0v) is 11.8. The van der Waals surface area contributed by atoms with E-state index in [1.165, 1.54) is 19.2 Å². The summed E-state index contributed by atoms with van der Waals surface area (Å²) in [5.41, 5.74) is 1.87. The second-order valence-corrected chi connectivity index (χ2v) is 4.73. The molecule has 0 aliphatic rings. The molecule has 7 heteroatoms. The number of aromatic amines is 1. The Kier molecular flexibility index (Phi) is 3.45. The number of anilines is 1. The maximum atomic E-state index is 12.2. The number of hydrogen-bond acceptors (Lipinski definition) is 4. The summed E-state index contributed by atoms with van der Waals surface area (Å²) in [6.45, 7) is 0. The van der Waals surface area contributed by atoms with Gasteiger partial charge in [-0.15, -0.1) is 0 Å². The number of H-pyrrole nitrogens is 1.